The van der Waals surface area contributed by atoms with Crippen LogP contribution < -0.4 is 5.32 Å². The van der Waals surface area contributed by atoms with Crippen molar-refractivity contribution < 1.29 is 19.1 Å². The van der Waals surface area contributed by atoms with Crippen molar-refractivity contribution in [1.29, 1.82) is 0 Å². The number of esters is 1. The van der Waals surface area contributed by atoms with E-state index in [1.54, 1.807) is 0 Å². The molecule has 0 spiro atoms. The summed E-state index contributed by atoms with van der Waals surface area (Å²) in [5, 5.41) is 2.58. The summed E-state index contributed by atoms with van der Waals surface area (Å²) in [6.07, 6.45) is 1.06. The molecule has 0 heterocycles. The SMILES string of the molecule is C=CC(=O)OCCN(CCNC(C)=O)C(C)=O. The van der Waals surface area contributed by atoms with Gasteiger partial charge >= 0.3 is 5.97 Å². The Kier molecular flexibility index (Phi) is 7.41. The number of carbonyl (C=O) groups is 3. The molecule has 96 valence electrons. The predicted octanol–water partition coefficient (Wildman–Crippen LogP) is -0.300. The lowest BCUT2D eigenvalue weighted by atomic mass is 10.4. The van der Waals surface area contributed by atoms with Gasteiger partial charge < -0.3 is 15.0 Å². The normalized spacial score (nSPS) is 9.29. The van der Waals surface area contributed by atoms with Crippen LogP contribution in [0.5, 0.6) is 0 Å². The smallest absolute Gasteiger partial charge is 0.330 e. The maximum absolute atomic E-state index is 11.2. The maximum atomic E-state index is 11.2. The van der Waals surface area contributed by atoms with Gasteiger partial charge in [-0.05, 0) is 0 Å². The van der Waals surface area contributed by atoms with E-state index in [-0.39, 0.29) is 18.4 Å². The van der Waals surface area contributed by atoms with Crippen molar-refractivity contribution in [3.05, 3.63) is 12.7 Å². The van der Waals surface area contributed by atoms with Gasteiger partial charge in [-0.15, -0.1) is 0 Å². The summed E-state index contributed by atoms with van der Waals surface area (Å²) in [4.78, 5) is 34.1. The summed E-state index contributed by atoms with van der Waals surface area (Å²) in [7, 11) is 0. The van der Waals surface area contributed by atoms with Gasteiger partial charge in [0, 0.05) is 33.0 Å². The van der Waals surface area contributed by atoms with E-state index in [1.807, 2.05) is 0 Å². The van der Waals surface area contributed by atoms with Gasteiger partial charge in [0.15, 0.2) is 0 Å². The zero-order chi connectivity index (χ0) is 13.3. The molecule has 0 unspecified atom stereocenters. The third-order valence-electron chi connectivity index (χ3n) is 1.97. The summed E-state index contributed by atoms with van der Waals surface area (Å²) in [5.41, 5.74) is 0. The molecule has 0 atom stereocenters. The standard InChI is InChI=1S/C11H18N2O4/c1-4-11(16)17-8-7-13(10(3)15)6-5-12-9(2)14/h4H,1,5-8H2,2-3H3,(H,12,14). The van der Waals surface area contributed by atoms with E-state index in [0.717, 1.165) is 6.08 Å². The third kappa shape index (κ3) is 8.01. The van der Waals surface area contributed by atoms with Gasteiger partial charge in [-0.25, -0.2) is 4.79 Å². The molecular weight excluding hydrogens is 224 g/mol. The van der Waals surface area contributed by atoms with E-state index in [4.69, 9.17) is 4.74 Å². The molecule has 0 aromatic carbocycles. The van der Waals surface area contributed by atoms with E-state index < -0.39 is 5.97 Å². The molecule has 0 aliphatic heterocycles. The molecule has 0 saturated carbocycles. The van der Waals surface area contributed by atoms with Crippen molar-refractivity contribution in [3.8, 4) is 0 Å². The monoisotopic (exact) mass is 242 g/mol. The molecular formula is C11H18N2O4. The molecule has 17 heavy (non-hydrogen) atoms. The molecule has 6 nitrogen and oxygen atoms in total. The zero-order valence-corrected chi connectivity index (χ0v) is 10.2. The molecule has 0 aliphatic rings. The highest BCUT2D eigenvalue weighted by Gasteiger charge is 2.08. The molecule has 0 rings (SSSR count). The first-order chi connectivity index (χ1) is 7.97. The second-order valence-corrected chi connectivity index (χ2v) is 3.36. The average molecular weight is 242 g/mol. The highest BCUT2D eigenvalue weighted by atomic mass is 16.5. The van der Waals surface area contributed by atoms with Gasteiger partial charge in [0.25, 0.3) is 0 Å². The lowest BCUT2D eigenvalue weighted by molar-refractivity contribution is -0.140. The van der Waals surface area contributed by atoms with Crippen molar-refractivity contribution in [2.45, 2.75) is 13.8 Å². The molecule has 1 N–H and O–H groups in total. The van der Waals surface area contributed by atoms with Crippen LogP contribution in [0.1, 0.15) is 13.8 Å². The number of nitrogens with zero attached hydrogens (tertiary/aromatic N) is 1. The summed E-state index contributed by atoms with van der Waals surface area (Å²) in [6.45, 7) is 7.27. The van der Waals surface area contributed by atoms with Crippen LogP contribution in [-0.4, -0.2) is 48.9 Å². The van der Waals surface area contributed by atoms with Crippen LogP contribution in [0, 0.1) is 0 Å². The van der Waals surface area contributed by atoms with E-state index in [2.05, 4.69) is 11.9 Å². The molecule has 0 saturated heterocycles. The van der Waals surface area contributed by atoms with Crippen molar-refractivity contribution in [1.82, 2.24) is 10.2 Å². The molecule has 2 amide bonds. The highest BCUT2D eigenvalue weighted by molar-refractivity contribution is 5.81. The number of hydrogen-bond acceptors (Lipinski definition) is 4. The van der Waals surface area contributed by atoms with Crippen molar-refractivity contribution in [2.75, 3.05) is 26.2 Å². The topological polar surface area (TPSA) is 75.7 Å². The quantitative estimate of drug-likeness (QED) is 0.491. The van der Waals surface area contributed by atoms with Crippen LogP contribution >= 0.6 is 0 Å². The lowest BCUT2D eigenvalue weighted by Gasteiger charge is -2.20. The second kappa shape index (κ2) is 8.32. The minimum atomic E-state index is -0.518. The fraction of sp³-hybridized carbons (Fsp3) is 0.545. The molecule has 0 fully saturated rings. The molecule has 0 aromatic heterocycles. The Labute approximate surface area is 101 Å². The van der Waals surface area contributed by atoms with Gasteiger partial charge in [-0.1, -0.05) is 6.58 Å². The summed E-state index contributed by atoms with van der Waals surface area (Å²) in [6, 6.07) is 0. The van der Waals surface area contributed by atoms with E-state index >= 15 is 0 Å². The number of nitrogens with one attached hydrogen (secondary N) is 1. The summed E-state index contributed by atoms with van der Waals surface area (Å²) in [5.74, 6) is -0.799. The Morgan fingerprint density at radius 2 is 1.94 bits per heavy atom. The Hall–Kier alpha value is -1.85. The first kappa shape index (κ1) is 15.2. The Morgan fingerprint density at radius 1 is 1.29 bits per heavy atom. The minimum absolute atomic E-state index is 0.116. The Morgan fingerprint density at radius 3 is 2.41 bits per heavy atom. The van der Waals surface area contributed by atoms with Crippen LogP contribution in [0.15, 0.2) is 12.7 Å². The third-order valence-corrected chi connectivity index (χ3v) is 1.97. The highest BCUT2D eigenvalue weighted by Crippen LogP contribution is 1.90. The van der Waals surface area contributed by atoms with Crippen LogP contribution in [0.2, 0.25) is 0 Å². The molecule has 0 bridgehead atoms. The van der Waals surface area contributed by atoms with E-state index in [9.17, 15) is 14.4 Å². The van der Waals surface area contributed by atoms with Gasteiger partial charge in [0.1, 0.15) is 6.61 Å². The number of carbonyl (C=O) groups excluding carboxylic acids is 3. The Balaban J connectivity index is 3.90. The number of rotatable bonds is 7. The van der Waals surface area contributed by atoms with Crippen molar-refractivity contribution in [3.63, 3.8) is 0 Å². The number of hydrogen-bond donors (Lipinski definition) is 1. The van der Waals surface area contributed by atoms with Crippen molar-refractivity contribution >= 4 is 17.8 Å². The fourth-order valence-electron chi connectivity index (χ4n) is 1.11. The van der Waals surface area contributed by atoms with Gasteiger partial charge in [0.2, 0.25) is 11.8 Å². The van der Waals surface area contributed by atoms with Crippen LogP contribution in [0.25, 0.3) is 0 Å². The van der Waals surface area contributed by atoms with Crippen molar-refractivity contribution in [2.24, 2.45) is 0 Å². The largest absolute Gasteiger partial charge is 0.461 e. The predicted molar refractivity (Wildman–Crippen MR) is 62.1 cm³/mol. The van der Waals surface area contributed by atoms with Gasteiger partial charge in [0.05, 0.1) is 6.54 Å². The number of amides is 2. The molecule has 6 heteroatoms. The second-order valence-electron chi connectivity index (χ2n) is 3.36. The van der Waals surface area contributed by atoms with Crippen LogP contribution in [-0.2, 0) is 19.1 Å². The molecule has 0 aliphatic carbocycles. The Bertz CT molecular complexity index is 302. The zero-order valence-electron chi connectivity index (χ0n) is 10.2. The minimum Gasteiger partial charge on any atom is -0.461 e. The first-order valence-corrected chi connectivity index (χ1v) is 5.26. The van der Waals surface area contributed by atoms with E-state index in [0.29, 0.717) is 19.6 Å². The molecule has 0 radical (unpaired) electrons. The average Bonchev–Trinajstić information content (AvgIpc) is 2.25. The summed E-state index contributed by atoms with van der Waals surface area (Å²) >= 11 is 0. The number of ether oxygens (including phenoxy) is 1. The lowest BCUT2D eigenvalue weighted by Crippen LogP contribution is -2.38. The van der Waals surface area contributed by atoms with Crippen LogP contribution in [0.4, 0.5) is 0 Å². The van der Waals surface area contributed by atoms with Gasteiger partial charge in [-0.3, -0.25) is 9.59 Å². The molecule has 0 aromatic rings. The maximum Gasteiger partial charge on any atom is 0.330 e. The van der Waals surface area contributed by atoms with Crippen LogP contribution in [0.3, 0.4) is 0 Å². The first-order valence-electron chi connectivity index (χ1n) is 5.26. The van der Waals surface area contributed by atoms with Gasteiger partial charge in [-0.2, -0.15) is 0 Å². The summed E-state index contributed by atoms with van der Waals surface area (Å²) < 4.78 is 4.76. The van der Waals surface area contributed by atoms with E-state index in [1.165, 1.54) is 18.7 Å². The fourth-order valence-corrected chi connectivity index (χ4v) is 1.11.